The highest BCUT2D eigenvalue weighted by Gasteiger charge is 2.33. The number of nitrogens with zero attached hydrogens (tertiary/aromatic N) is 1. The Labute approximate surface area is 116 Å². The standard InChI is InChI=1S/C13H18N4O3/c1-2-10-13(19)17(6-5-12(18)16-15)9-4-3-8(14)7-11(9)20-10/h3-4,7,10H,2,5-6,14-15H2,1H3,(H,16,18). The second-order valence-corrected chi connectivity index (χ2v) is 4.55. The minimum absolute atomic E-state index is 0.127. The summed E-state index contributed by atoms with van der Waals surface area (Å²) in [5, 5.41) is 0. The lowest BCUT2D eigenvalue weighted by atomic mass is 10.1. The van der Waals surface area contributed by atoms with Crippen molar-refractivity contribution in [2.45, 2.75) is 25.9 Å². The van der Waals surface area contributed by atoms with E-state index in [9.17, 15) is 9.59 Å². The zero-order chi connectivity index (χ0) is 14.7. The molecule has 0 bridgehead atoms. The molecule has 1 aromatic carbocycles. The number of hydrogen-bond donors (Lipinski definition) is 3. The van der Waals surface area contributed by atoms with E-state index in [2.05, 4.69) is 0 Å². The second kappa shape index (κ2) is 5.79. The lowest BCUT2D eigenvalue weighted by molar-refractivity contribution is -0.126. The largest absolute Gasteiger partial charge is 0.478 e. The maximum Gasteiger partial charge on any atom is 0.268 e. The summed E-state index contributed by atoms with van der Waals surface area (Å²) in [5.41, 5.74) is 8.96. The number of nitrogen functional groups attached to an aromatic ring is 1. The lowest BCUT2D eigenvalue weighted by Gasteiger charge is -2.34. The Bertz CT molecular complexity index is 532. The Morgan fingerprint density at radius 2 is 2.25 bits per heavy atom. The molecule has 1 aliphatic rings. The highest BCUT2D eigenvalue weighted by atomic mass is 16.5. The van der Waals surface area contributed by atoms with E-state index in [-0.39, 0.29) is 24.8 Å². The first-order valence-corrected chi connectivity index (χ1v) is 6.43. The second-order valence-electron chi connectivity index (χ2n) is 4.55. The third-order valence-corrected chi connectivity index (χ3v) is 3.18. The monoisotopic (exact) mass is 278 g/mol. The molecule has 2 amide bonds. The van der Waals surface area contributed by atoms with E-state index in [1.54, 1.807) is 23.1 Å². The molecule has 2 rings (SSSR count). The van der Waals surface area contributed by atoms with Crippen LogP contribution in [0.2, 0.25) is 0 Å². The van der Waals surface area contributed by atoms with Gasteiger partial charge >= 0.3 is 0 Å². The fraction of sp³-hybridized carbons (Fsp3) is 0.385. The molecule has 0 radical (unpaired) electrons. The quantitative estimate of drug-likeness (QED) is 0.314. The minimum Gasteiger partial charge on any atom is -0.478 e. The topological polar surface area (TPSA) is 111 Å². The van der Waals surface area contributed by atoms with E-state index in [4.69, 9.17) is 16.3 Å². The van der Waals surface area contributed by atoms with Gasteiger partial charge in [0.05, 0.1) is 5.69 Å². The molecule has 5 N–H and O–H groups in total. The van der Waals surface area contributed by atoms with Gasteiger partial charge in [-0.1, -0.05) is 6.92 Å². The minimum atomic E-state index is -0.551. The van der Waals surface area contributed by atoms with Gasteiger partial charge in [-0.2, -0.15) is 0 Å². The van der Waals surface area contributed by atoms with Crippen molar-refractivity contribution in [3.63, 3.8) is 0 Å². The number of anilines is 2. The van der Waals surface area contributed by atoms with Gasteiger partial charge in [-0.25, -0.2) is 5.84 Å². The summed E-state index contributed by atoms with van der Waals surface area (Å²) < 4.78 is 5.64. The van der Waals surface area contributed by atoms with Crippen molar-refractivity contribution in [3.05, 3.63) is 18.2 Å². The van der Waals surface area contributed by atoms with E-state index >= 15 is 0 Å². The molecule has 0 saturated heterocycles. The smallest absolute Gasteiger partial charge is 0.268 e. The first-order chi connectivity index (χ1) is 9.56. The van der Waals surface area contributed by atoms with Crippen LogP contribution in [-0.4, -0.2) is 24.5 Å². The summed E-state index contributed by atoms with van der Waals surface area (Å²) in [6, 6.07) is 5.09. The Kier molecular flexibility index (Phi) is 4.09. The summed E-state index contributed by atoms with van der Waals surface area (Å²) in [4.78, 5) is 25.1. The average Bonchev–Trinajstić information content (AvgIpc) is 2.45. The Morgan fingerprint density at radius 3 is 2.90 bits per heavy atom. The number of rotatable bonds is 4. The van der Waals surface area contributed by atoms with Crippen LogP contribution in [0.4, 0.5) is 11.4 Å². The number of nitrogens with two attached hydrogens (primary N) is 2. The number of benzene rings is 1. The molecule has 0 fully saturated rings. The number of hydrogen-bond acceptors (Lipinski definition) is 5. The van der Waals surface area contributed by atoms with E-state index < -0.39 is 6.10 Å². The van der Waals surface area contributed by atoms with E-state index in [1.807, 2.05) is 12.3 Å². The molecule has 0 aromatic heterocycles. The van der Waals surface area contributed by atoms with Crippen molar-refractivity contribution in [1.82, 2.24) is 5.43 Å². The number of carbonyl (C=O) groups excluding carboxylic acids is 2. The summed E-state index contributed by atoms with van der Waals surface area (Å²) in [6.45, 7) is 2.11. The van der Waals surface area contributed by atoms with Gasteiger partial charge in [0, 0.05) is 24.7 Å². The number of ether oxygens (including phenoxy) is 1. The fourth-order valence-corrected chi connectivity index (χ4v) is 2.12. The van der Waals surface area contributed by atoms with E-state index in [0.717, 1.165) is 0 Å². The summed E-state index contributed by atoms with van der Waals surface area (Å²) in [7, 11) is 0. The maximum atomic E-state index is 12.3. The fourth-order valence-electron chi connectivity index (χ4n) is 2.12. The van der Waals surface area contributed by atoms with Crippen LogP contribution < -0.4 is 26.6 Å². The van der Waals surface area contributed by atoms with Crippen LogP contribution >= 0.6 is 0 Å². The summed E-state index contributed by atoms with van der Waals surface area (Å²) >= 11 is 0. The zero-order valence-corrected chi connectivity index (χ0v) is 11.3. The molecule has 1 heterocycles. The van der Waals surface area contributed by atoms with Crippen LogP contribution in [0, 0.1) is 0 Å². The van der Waals surface area contributed by atoms with Gasteiger partial charge in [0.15, 0.2) is 6.10 Å². The van der Waals surface area contributed by atoms with Gasteiger partial charge in [-0.15, -0.1) is 0 Å². The predicted molar refractivity (Wildman–Crippen MR) is 74.9 cm³/mol. The van der Waals surface area contributed by atoms with Crippen molar-refractivity contribution < 1.29 is 14.3 Å². The molecule has 0 aliphatic carbocycles. The Balaban J connectivity index is 2.28. The zero-order valence-electron chi connectivity index (χ0n) is 11.3. The summed E-state index contributed by atoms with van der Waals surface area (Å²) in [6.07, 6.45) is 0.125. The molecule has 7 heteroatoms. The predicted octanol–water partition coefficient (Wildman–Crippen LogP) is 0.153. The van der Waals surface area contributed by atoms with Gasteiger partial charge in [0.25, 0.3) is 5.91 Å². The van der Waals surface area contributed by atoms with Crippen LogP contribution in [0.5, 0.6) is 5.75 Å². The summed E-state index contributed by atoms with van der Waals surface area (Å²) in [5.74, 6) is 5.12. The highest BCUT2D eigenvalue weighted by molar-refractivity contribution is 6.00. The molecule has 20 heavy (non-hydrogen) atoms. The van der Waals surface area contributed by atoms with Crippen molar-refractivity contribution in [3.8, 4) is 5.75 Å². The van der Waals surface area contributed by atoms with Crippen LogP contribution in [0.3, 0.4) is 0 Å². The third-order valence-electron chi connectivity index (χ3n) is 3.18. The molecule has 108 valence electrons. The van der Waals surface area contributed by atoms with Crippen molar-refractivity contribution in [1.29, 1.82) is 0 Å². The molecule has 7 nitrogen and oxygen atoms in total. The van der Waals surface area contributed by atoms with Gasteiger partial charge in [-0.3, -0.25) is 15.0 Å². The Morgan fingerprint density at radius 1 is 1.50 bits per heavy atom. The molecule has 1 atom stereocenters. The molecule has 1 aromatic rings. The molecular formula is C13H18N4O3. The lowest BCUT2D eigenvalue weighted by Crippen LogP contribution is -2.47. The molecule has 0 spiro atoms. The van der Waals surface area contributed by atoms with Crippen LogP contribution in [-0.2, 0) is 9.59 Å². The SMILES string of the molecule is CCC1Oc2cc(N)ccc2N(CCC(=O)NN)C1=O. The maximum absolute atomic E-state index is 12.3. The van der Waals surface area contributed by atoms with Crippen molar-refractivity contribution in [2.24, 2.45) is 5.84 Å². The number of fused-ring (bicyclic) bond motifs is 1. The van der Waals surface area contributed by atoms with E-state index in [0.29, 0.717) is 23.5 Å². The van der Waals surface area contributed by atoms with Gasteiger partial charge < -0.3 is 15.4 Å². The average molecular weight is 278 g/mol. The molecule has 1 aliphatic heterocycles. The van der Waals surface area contributed by atoms with Crippen molar-refractivity contribution >= 4 is 23.2 Å². The van der Waals surface area contributed by atoms with Crippen molar-refractivity contribution in [2.75, 3.05) is 17.2 Å². The molecule has 1 unspecified atom stereocenters. The number of nitrogens with one attached hydrogen (secondary N) is 1. The number of carbonyl (C=O) groups is 2. The molecular weight excluding hydrogens is 260 g/mol. The first-order valence-electron chi connectivity index (χ1n) is 6.43. The Hall–Kier alpha value is -2.28. The third kappa shape index (κ3) is 2.67. The van der Waals surface area contributed by atoms with Gasteiger partial charge in [0.1, 0.15) is 5.75 Å². The van der Waals surface area contributed by atoms with Gasteiger partial charge in [0.2, 0.25) is 5.91 Å². The highest BCUT2D eigenvalue weighted by Crippen LogP contribution is 2.36. The first kappa shape index (κ1) is 14.1. The van der Waals surface area contributed by atoms with Crippen LogP contribution in [0.25, 0.3) is 0 Å². The van der Waals surface area contributed by atoms with Gasteiger partial charge in [-0.05, 0) is 18.6 Å². The number of hydrazine groups is 1. The van der Waals surface area contributed by atoms with E-state index in [1.165, 1.54) is 0 Å². The van der Waals surface area contributed by atoms with Crippen LogP contribution in [0.15, 0.2) is 18.2 Å². The number of amides is 2. The van der Waals surface area contributed by atoms with Crippen LogP contribution in [0.1, 0.15) is 19.8 Å². The normalized spacial score (nSPS) is 17.4. The molecule has 0 saturated carbocycles.